The molecule has 0 radical (unpaired) electrons. The third-order valence-electron chi connectivity index (χ3n) is 4.40. The lowest BCUT2D eigenvalue weighted by atomic mass is 10.1. The van der Waals surface area contributed by atoms with E-state index in [1.165, 1.54) is 11.6 Å². The van der Waals surface area contributed by atoms with Crippen molar-refractivity contribution in [2.75, 3.05) is 20.8 Å². The summed E-state index contributed by atoms with van der Waals surface area (Å²) >= 11 is 0. The van der Waals surface area contributed by atoms with Crippen molar-refractivity contribution in [2.24, 2.45) is 0 Å². The van der Waals surface area contributed by atoms with Gasteiger partial charge in [-0.15, -0.1) is 0 Å². The molecule has 2 aromatic rings. The Morgan fingerprint density at radius 1 is 1.03 bits per heavy atom. The second-order valence-electron chi connectivity index (χ2n) is 6.47. The molecular formula is C23H27NO5. The molecule has 1 atom stereocenters. The van der Waals surface area contributed by atoms with E-state index in [0.29, 0.717) is 17.1 Å². The topological polar surface area (TPSA) is 73.9 Å². The smallest absolute Gasteiger partial charge is 0.331 e. The second-order valence-corrected chi connectivity index (χ2v) is 6.47. The van der Waals surface area contributed by atoms with Crippen molar-refractivity contribution in [3.05, 3.63) is 65.2 Å². The summed E-state index contributed by atoms with van der Waals surface area (Å²) in [5.41, 5.74) is 2.95. The third-order valence-corrected chi connectivity index (χ3v) is 4.40. The van der Waals surface area contributed by atoms with Gasteiger partial charge in [0.1, 0.15) is 11.5 Å². The number of hydrogen-bond acceptors (Lipinski definition) is 5. The first-order chi connectivity index (χ1) is 13.9. The van der Waals surface area contributed by atoms with E-state index in [1.807, 2.05) is 31.2 Å². The molecule has 0 heterocycles. The van der Waals surface area contributed by atoms with Crippen LogP contribution < -0.4 is 14.8 Å². The van der Waals surface area contributed by atoms with Crippen molar-refractivity contribution >= 4 is 18.0 Å². The largest absolute Gasteiger partial charge is 0.497 e. The monoisotopic (exact) mass is 397 g/mol. The van der Waals surface area contributed by atoms with Crippen LogP contribution in [0, 0.1) is 0 Å². The Labute approximate surface area is 171 Å². The molecule has 0 aliphatic carbocycles. The summed E-state index contributed by atoms with van der Waals surface area (Å²) in [6.45, 7) is 3.63. The zero-order valence-electron chi connectivity index (χ0n) is 17.2. The summed E-state index contributed by atoms with van der Waals surface area (Å²) in [6, 6.07) is 13.1. The molecule has 0 spiro atoms. The molecule has 0 bridgehead atoms. The van der Waals surface area contributed by atoms with Crippen LogP contribution in [0.3, 0.4) is 0 Å². The van der Waals surface area contributed by atoms with Gasteiger partial charge in [0.25, 0.3) is 5.91 Å². The molecule has 0 aliphatic rings. The fourth-order valence-corrected chi connectivity index (χ4v) is 2.68. The lowest BCUT2D eigenvalue weighted by Crippen LogP contribution is -2.30. The van der Waals surface area contributed by atoms with Crippen LogP contribution in [0.4, 0.5) is 0 Å². The molecular weight excluding hydrogens is 370 g/mol. The first-order valence-corrected chi connectivity index (χ1v) is 9.41. The highest BCUT2D eigenvalue weighted by Crippen LogP contribution is 2.23. The number of benzene rings is 2. The molecule has 29 heavy (non-hydrogen) atoms. The summed E-state index contributed by atoms with van der Waals surface area (Å²) in [6.07, 6.45) is 3.80. The summed E-state index contributed by atoms with van der Waals surface area (Å²) in [7, 11) is 3.10. The Hall–Kier alpha value is -3.28. The molecule has 0 saturated carbocycles. The van der Waals surface area contributed by atoms with Gasteiger partial charge in [0.05, 0.1) is 20.3 Å². The minimum Gasteiger partial charge on any atom is -0.497 e. The van der Waals surface area contributed by atoms with Crippen LogP contribution in [0.25, 0.3) is 6.08 Å². The zero-order valence-corrected chi connectivity index (χ0v) is 17.2. The van der Waals surface area contributed by atoms with Crippen LogP contribution >= 0.6 is 0 Å². The number of esters is 1. The number of nitrogens with one attached hydrogen (secondary N) is 1. The molecule has 6 nitrogen and oxygen atoms in total. The van der Waals surface area contributed by atoms with Gasteiger partial charge in [-0.2, -0.15) is 0 Å². The van der Waals surface area contributed by atoms with Crippen molar-refractivity contribution in [1.29, 1.82) is 0 Å². The van der Waals surface area contributed by atoms with Gasteiger partial charge in [-0.3, -0.25) is 4.79 Å². The van der Waals surface area contributed by atoms with E-state index in [4.69, 9.17) is 14.2 Å². The number of hydrogen-bond donors (Lipinski definition) is 1. The van der Waals surface area contributed by atoms with Gasteiger partial charge in [0, 0.05) is 12.1 Å². The fraction of sp³-hybridized carbons (Fsp3) is 0.304. The Bertz CT molecular complexity index is 836. The zero-order chi connectivity index (χ0) is 21.2. The molecule has 0 aromatic heterocycles. The number of carbonyl (C=O) groups excluding carboxylic acids is 2. The maximum Gasteiger partial charge on any atom is 0.331 e. The third kappa shape index (κ3) is 6.99. The van der Waals surface area contributed by atoms with Crippen LogP contribution in [0.5, 0.6) is 11.5 Å². The second kappa shape index (κ2) is 10.9. The molecule has 154 valence electrons. The first-order valence-electron chi connectivity index (χ1n) is 9.41. The minimum atomic E-state index is -0.609. The number of rotatable bonds is 9. The number of carbonyl (C=O) groups is 2. The fourth-order valence-electron chi connectivity index (χ4n) is 2.68. The first kappa shape index (κ1) is 22.0. The van der Waals surface area contributed by atoms with Gasteiger partial charge in [-0.1, -0.05) is 31.2 Å². The van der Waals surface area contributed by atoms with E-state index >= 15 is 0 Å². The number of amides is 1. The van der Waals surface area contributed by atoms with E-state index < -0.39 is 5.97 Å². The van der Waals surface area contributed by atoms with Gasteiger partial charge < -0.3 is 19.5 Å². The van der Waals surface area contributed by atoms with Crippen molar-refractivity contribution in [3.8, 4) is 11.5 Å². The molecule has 2 rings (SSSR count). The van der Waals surface area contributed by atoms with Crippen LogP contribution in [0.15, 0.2) is 48.5 Å². The summed E-state index contributed by atoms with van der Waals surface area (Å²) in [4.78, 5) is 24.0. The van der Waals surface area contributed by atoms with Crippen molar-refractivity contribution in [2.45, 2.75) is 26.3 Å². The predicted octanol–water partition coefficient (Wildman–Crippen LogP) is 3.70. The quantitative estimate of drug-likeness (QED) is 0.516. The van der Waals surface area contributed by atoms with Gasteiger partial charge in [0.15, 0.2) is 6.61 Å². The number of aryl methyl sites for hydroxylation is 1. The Morgan fingerprint density at radius 3 is 2.21 bits per heavy atom. The maximum atomic E-state index is 12.1. The molecule has 2 aromatic carbocycles. The van der Waals surface area contributed by atoms with Gasteiger partial charge in [-0.25, -0.2) is 4.79 Å². The molecule has 0 aliphatic heterocycles. The Kier molecular flexibility index (Phi) is 8.27. The van der Waals surface area contributed by atoms with Crippen LogP contribution in [-0.4, -0.2) is 32.7 Å². The SMILES string of the molecule is CCc1ccc([C@@H](C)NC(=O)COC(=O)/C=C/c2cc(OC)cc(OC)c2)cc1. The van der Waals surface area contributed by atoms with E-state index in [0.717, 1.165) is 12.0 Å². The molecule has 0 saturated heterocycles. The summed E-state index contributed by atoms with van der Waals surface area (Å²) in [5.74, 6) is 0.249. The van der Waals surface area contributed by atoms with Crippen LogP contribution in [0.1, 0.15) is 36.6 Å². The molecule has 1 amide bonds. The normalized spacial score (nSPS) is 11.7. The molecule has 6 heteroatoms. The van der Waals surface area contributed by atoms with E-state index in [9.17, 15) is 9.59 Å². The van der Waals surface area contributed by atoms with Crippen LogP contribution in [0.2, 0.25) is 0 Å². The van der Waals surface area contributed by atoms with E-state index in [-0.39, 0.29) is 18.6 Å². The predicted molar refractivity (Wildman–Crippen MR) is 112 cm³/mol. The average Bonchev–Trinajstić information content (AvgIpc) is 2.75. The standard InChI is InChI=1S/C23H27NO5/c1-5-17-6-9-19(10-7-17)16(2)24-22(25)15-29-23(26)11-8-18-12-20(27-3)14-21(13-18)28-4/h6-14,16H,5,15H2,1-4H3,(H,24,25)/b11-8+/t16-/m1/s1. The lowest BCUT2D eigenvalue weighted by Gasteiger charge is -2.14. The van der Waals surface area contributed by atoms with Gasteiger partial charge >= 0.3 is 5.97 Å². The van der Waals surface area contributed by atoms with Gasteiger partial charge in [0.2, 0.25) is 0 Å². The summed E-state index contributed by atoms with van der Waals surface area (Å²) < 4.78 is 15.4. The minimum absolute atomic E-state index is 0.174. The average molecular weight is 397 g/mol. The lowest BCUT2D eigenvalue weighted by molar-refractivity contribution is -0.144. The Morgan fingerprint density at radius 2 is 1.66 bits per heavy atom. The Balaban J connectivity index is 1.85. The maximum absolute atomic E-state index is 12.1. The highest BCUT2D eigenvalue weighted by Gasteiger charge is 2.11. The molecule has 0 fully saturated rings. The van der Waals surface area contributed by atoms with Gasteiger partial charge in [-0.05, 0) is 48.2 Å². The summed E-state index contributed by atoms with van der Waals surface area (Å²) in [5, 5.41) is 2.82. The number of ether oxygens (including phenoxy) is 3. The highest BCUT2D eigenvalue weighted by atomic mass is 16.5. The van der Waals surface area contributed by atoms with Crippen LogP contribution in [-0.2, 0) is 20.7 Å². The molecule has 0 unspecified atom stereocenters. The molecule has 1 N–H and O–H groups in total. The van der Waals surface area contributed by atoms with Crippen molar-refractivity contribution < 1.29 is 23.8 Å². The highest BCUT2D eigenvalue weighted by molar-refractivity contribution is 5.89. The van der Waals surface area contributed by atoms with E-state index in [2.05, 4.69) is 12.2 Å². The van der Waals surface area contributed by atoms with Crippen molar-refractivity contribution in [3.63, 3.8) is 0 Å². The number of methoxy groups -OCH3 is 2. The van der Waals surface area contributed by atoms with Crippen molar-refractivity contribution in [1.82, 2.24) is 5.32 Å². The van der Waals surface area contributed by atoms with E-state index in [1.54, 1.807) is 38.5 Å².